The van der Waals surface area contributed by atoms with Gasteiger partial charge in [-0.05, 0) is 40.2 Å². The van der Waals surface area contributed by atoms with E-state index in [1.807, 2.05) is 6.07 Å². The van der Waals surface area contributed by atoms with Gasteiger partial charge in [0, 0.05) is 16.2 Å². The van der Waals surface area contributed by atoms with Crippen molar-refractivity contribution in [3.63, 3.8) is 0 Å². The second-order valence-electron chi connectivity index (χ2n) is 4.32. The molecular formula is C14H15BrN2O3S. The zero-order chi connectivity index (χ0) is 15.3. The highest BCUT2D eigenvalue weighted by Gasteiger charge is 2.12. The third kappa shape index (κ3) is 4.95. The molecule has 21 heavy (non-hydrogen) atoms. The lowest BCUT2D eigenvalue weighted by Gasteiger charge is -2.10. The zero-order valence-electron chi connectivity index (χ0n) is 11.1. The molecule has 7 heteroatoms. The largest absolute Gasteiger partial charge is 0.492 e. The zero-order valence-corrected chi connectivity index (χ0v) is 13.5. The minimum absolute atomic E-state index is 0.0449. The number of anilines is 2. The number of sulfonamides is 1. The van der Waals surface area contributed by atoms with Crippen LogP contribution in [0.15, 0.2) is 53.0 Å². The summed E-state index contributed by atoms with van der Waals surface area (Å²) in [5.41, 5.74) is 6.69. The number of nitrogen functional groups attached to an aromatic ring is 1. The molecule has 0 spiro atoms. The molecule has 0 aliphatic carbocycles. The van der Waals surface area contributed by atoms with Gasteiger partial charge in [-0.15, -0.1) is 0 Å². The highest BCUT2D eigenvalue weighted by Crippen LogP contribution is 2.22. The number of hydrogen-bond acceptors (Lipinski definition) is 4. The van der Waals surface area contributed by atoms with Crippen LogP contribution in [-0.4, -0.2) is 20.8 Å². The Morgan fingerprint density at radius 1 is 1.14 bits per heavy atom. The summed E-state index contributed by atoms with van der Waals surface area (Å²) in [6.07, 6.45) is 0. The number of nitrogens with two attached hydrogens (primary N) is 1. The molecule has 0 amide bonds. The fourth-order valence-corrected chi connectivity index (χ4v) is 3.07. The van der Waals surface area contributed by atoms with Crippen LogP contribution in [0.5, 0.6) is 5.75 Å². The smallest absolute Gasteiger partial charge is 0.236 e. The monoisotopic (exact) mass is 370 g/mol. The summed E-state index contributed by atoms with van der Waals surface area (Å²) >= 11 is 3.29. The first-order valence-electron chi connectivity index (χ1n) is 6.20. The Morgan fingerprint density at radius 2 is 1.90 bits per heavy atom. The van der Waals surface area contributed by atoms with Gasteiger partial charge < -0.3 is 10.5 Å². The van der Waals surface area contributed by atoms with E-state index in [4.69, 9.17) is 10.5 Å². The maximum Gasteiger partial charge on any atom is 0.236 e. The Bertz CT molecular complexity index is 720. The summed E-state index contributed by atoms with van der Waals surface area (Å²) in [5.74, 6) is 0.398. The predicted molar refractivity (Wildman–Crippen MR) is 87.9 cm³/mol. The molecule has 5 nitrogen and oxygen atoms in total. The fraction of sp³-hybridized carbons (Fsp3) is 0.143. The SMILES string of the molecule is Nc1cccc(OCCS(=O)(=O)Nc2ccccc2Br)c1. The Balaban J connectivity index is 1.91. The number of benzene rings is 2. The second-order valence-corrected chi connectivity index (χ2v) is 7.02. The normalized spacial score (nSPS) is 11.1. The van der Waals surface area contributed by atoms with Crippen LogP contribution < -0.4 is 15.2 Å². The van der Waals surface area contributed by atoms with E-state index in [1.54, 1.807) is 42.5 Å². The molecular weight excluding hydrogens is 356 g/mol. The van der Waals surface area contributed by atoms with E-state index < -0.39 is 10.0 Å². The summed E-state index contributed by atoms with van der Waals surface area (Å²) in [6, 6.07) is 13.9. The Labute approximate surface area is 132 Å². The van der Waals surface area contributed by atoms with Gasteiger partial charge in [-0.1, -0.05) is 18.2 Å². The lowest BCUT2D eigenvalue weighted by atomic mass is 10.3. The molecule has 0 saturated heterocycles. The van der Waals surface area contributed by atoms with Gasteiger partial charge in [-0.25, -0.2) is 8.42 Å². The van der Waals surface area contributed by atoms with Crippen molar-refractivity contribution in [2.45, 2.75) is 0 Å². The van der Waals surface area contributed by atoms with Gasteiger partial charge >= 0.3 is 0 Å². The minimum Gasteiger partial charge on any atom is -0.492 e. The second kappa shape index (κ2) is 6.82. The van der Waals surface area contributed by atoms with E-state index in [0.29, 0.717) is 21.6 Å². The van der Waals surface area contributed by atoms with Crippen molar-refractivity contribution >= 4 is 37.3 Å². The molecule has 0 aromatic heterocycles. The molecule has 2 aromatic rings. The summed E-state index contributed by atoms with van der Waals surface area (Å²) in [5, 5.41) is 0. The van der Waals surface area contributed by atoms with Crippen molar-refractivity contribution < 1.29 is 13.2 Å². The molecule has 0 unspecified atom stereocenters. The first kappa shape index (κ1) is 15.7. The van der Waals surface area contributed by atoms with Crippen molar-refractivity contribution in [2.24, 2.45) is 0 Å². The van der Waals surface area contributed by atoms with Gasteiger partial charge in [-0.3, -0.25) is 4.72 Å². The van der Waals surface area contributed by atoms with Gasteiger partial charge in [0.1, 0.15) is 18.1 Å². The Morgan fingerprint density at radius 3 is 2.62 bits per heavy atom. The Hall–Kier alpha value is -1.73. The summed E-state index contributed by atoms with van der Waals surface area (Å²) in [6.45, 7) is 0.0449. The number of para-hydroxylation sites is 1. The first-order valence-corrected chi connectivity index (χ1v) is 8.64. The maximum atomic E-state index is 12.0. The fourth-order valence-electron chi connectivity index (χ4n) is 1.64. The van der Waals surface area contributed by atoms with Crippen LogP contribution in [-0.2, 0) is 10.0 Å². The average Bonchev–Trinajstić information content (AvgIpc) is 2.41. The highest BCUT2D eigenvalue weighted by molar-refractivity contribution is 9.10. The van der Waals surface area contributed by atoms with E-state index in [-0.39, 0.29) is 12.4 Å². The molecule has 0 heterocycles. The summed E-state index contributed by atoms with van der Waals surface area (Å²) in [4.78, 5) is 0. The minimum atomic E-state index is -3.47. The van der Waals surface area contributed by atoms with Crippen molar-refractivity contribution in [2.75, 3.05) is 22.8 Å². The van der Waals surface area contributed by atoms with Crippen LogP contribution in [0.1, 0.15) is 0 Å². The molecule has 0 atom stereocenters. The third-order valence-corrected chi connectivity index (χ3v) is 4.54. The standard InChI is InChI=1S/C14H15BrN2O3S/c15-13-6-1-2-7-14(13)17-21(18,19)9-8-20-12-5-3-4-11(16)10-12/h1-7,10,17H,8-9,16H2. The Kier molecular flexibility index (Phi) is 5.08. The van der Waals surface area contributed by atoms with Gasteiger partial charge in [0.15, 0.2) is 0 Å². The van der Waals surface area contributed by atoms with E-state index in [1.165, 1.54) is 0 Å². The van der Waals surface area contributed by atoms with E-state index >= 15 is 0 Å². The molecule has 0 saturated carbocycles. The van der Waals surface area contributed by atoms with Crippen LogP contribution >= 0.6 is 15.9 Å². The molecule has 112 valence electrons. The number of nitrogens with one attached hydrogen (secondary N) is 1. The number of rotatable bonds is 6. The molecule has 0 fully saturated rings. The number of hydrogen-bond donors (Lipinski definition) is 2. The van der Waals surface area contributed by atoms with Gasteiger partial charge in [0.05, 0.1) is 5.69 Å². The summed E-state index contributed by atoms with van der Waals surface area (Å²) < 4.78 is 32.5. The van der Waals surface area contributed by atoms with E-state index in [9.17, 15) is 8.42 Å². The van der Waals surface area contributed by atoms with E-state index in [2.05, 4.69) is 20.7 Å². The number of halogens is 1. The first-order chi connectivity index (χ1) is 9.96. The van der Waals surface area contributed by atoms with Gasteiger partial charge in [0.25, 0.3) is 0 Å². The molecule has 0 aliphatic rings. The van der Waals surface area contributed by atoms with Crippen LogP contribution in [0.25, 0.3) is 0 Å². The third-order valence-electron chi connectivity index (χ3n) is 2.62. The van der Waals surface area contributed by atoms with Crippen LogP contribution in [0, 0.1) is 0 Å². The maximum absolute atomic E-state index is 12.0. The molecule has 2 rings (SSSR count). The van der Waals surface area contributed by atoms with Gasteiger partial charge in [0.2, 0.25) is 10.0 Å². The average molecular weight is 371 g/mol. The quantitative estimate of drug-likeness (QED) is 0.766. The van der Waals surface area contributed by atoms with Crippen molar-refractivity contribution in [3.05, 3.63) is 53.0 Å². The van der Waals surface area contributed by atoms with Crippen molar-refractivity contribution in [1.29, 1.82) is 0 Å². The lowest BCUT2D eigenvalue weighted by molar-refractivity contribution is 0.341. The highest BCUT2D eigenvalue weighted by atomic mass is 79.9. The summed E-state index contributed by atoms with van der Waals surface area (Å²) in [7, 11) is -3.47. The van der Waals surface area contributed by atoms with Crippen LogP contribution in [0.4, 0.5) is 11.4 Å². The molecule has 0 bridgehead atoms. The number of ether oxygens (including phenoxy) is 1. The predicted octanol–water partition coefficient (Wildman–Crippen LogP) is 2.85. The molecule has 2 aromatic carbocycles. The molecule has 0 radical (unpaired) electrons. The van der Waals surface area contributed by atoms with Crippen LogP contribution in [0.2, 0.25) is 0 Å². The topological polar surface area (TPSA) is 81.4 Å². The van der Waals surface area contributed by atoms with E-state index in [0.717, 1.165) is 0 Å². The molecule has 3 N–H and O–H groups in total. The molecule has 0 aliphatic heterocycles. The van der Waals surface area contributed by atoms with Crippen LogP contribution in [0.3, 0.4) is 0 Å². The van der Waals surface area contributed by atoms with Gasteiger partial charge in [-0.2, -0.15) is 0 Å². The lowest BCUT2D eigenvalue weighted by Crippen LogP contribution is -2.21. The van der Waals surface area contributed by atoms with Crippen molar-refractivity contribution in [1.82, 2.24) is 0 Å². The van der Waals surface area contributed by atoms with Crippen molar-refractivity contribution in [3.8, 4) is 5.75 Å².